The summed E-state index contributed by atoms with van der Waals surface area (Å²) in [6.45, 7) is 1.04. The number of methoxy groups -OCH3 is 1. The van der Waals surface area contributed by atoms with Crippen molar-refractivity contribution in [3.63, 3.8) is 0 Å². The van der Waals surface area contributed by atoms with Crippen LogP contribution in [0.4, 0.5) is 22.0 Å². The second-order valence-corrected chi connectivity index (χ2v) is 3.70. The first-order chi connectivity index (χ1) is 8.68. The molecular weight excluding hydrogens is 273 g/mol. The lowest BCUT2D eigenvalue weighted by Gasteiger charge is -2.17. The second-order valence-electron chi connectivity index (χ2n) is 3.70. The van der Waals surface area contributed by atoms with Crippen LogP contribution in [0.5, 0.6) is 0 Å². The Morgan fingerprint density at radius 2 is 2.00 bits per heavy atom. The number of aromatic nitrogens is 1. The molecule has 106 valence electrons. The van der Waals surface area contributed by atoms with Crippen LogP contribution in [0.3, 0.4) is 0 Å². The van der Waals surface area contributed by atoms with Gasteiger partial charge < -0.3 is 4.74 Å². The fourth-order valence-electron chi connectivity index (χ4n) is 1.64. The van der Waals surface area contributed by atoms with Gasteiger partial charge in [0, 0.05) is 17.5 Å². The van der Waals surface area contributed by atoms with Crippen LogP contribution in [0.15, 0.2) is 6.20 Å². The zero-order chi connectivity index (χ0) is 14.8. The highest BCUT2D eigenvalue weighted by molar-refractivity contribution is 5.73. The van der Waals surface area contributed by atoms with Gasteiger partial charge in [-0.25, -0.2) is 8.78 Å². The fraction of sp³-hybridized carbons (Fsp3) is 0.455. The molecule has 0 aliphatic heterocycles. The lowest BCUT2D eigenvalue weighted by molar-refractivity contribution is -0.142. The number of nitrogens with zero attached hydrogens (tertiary/aromatic N) is 1. The van der Waals surface area contributed by atoms with E-state index in [0.29, 0.717) is 6.20 Å². The van der Waals surface area contributed by atoms with Gasteiger partial charge in [-0.05, 0) is 12.5 Å². The molecule has 0 atom stereocenters. The van der Waals surface area contributed by atoms with E-state index in [1.54, 1.807) is 0 Å². The third kappa shape index (κ3) is 3.39. The van der Waals surface area contributed by atoms with E-state index in [2.05, 4.69) is 9.72 Å². The number of hydrogen-bond acceptors (Lipinski definition) is 3. The van der Waals surface area contributed by atoms with E-state index in [1.807, 2.05) is 0 Å². The normalized spacial score (nSPS) is 11.8. The van der Waals surface area contributed by atoms with Crippen molar-refractivity contribution in [1.29, 1.82) is 0 Å². The summed E-state index contributed by atoms with van der Waals surface area (Å²) in [5, 5.41) is 0. The minimum Gasteiger partial charge on any atom is -0.469 e. The molecule has 0 amide bonds. The van der Waals surface area contributed by atoms with Crippen LogP contribution in [-0.4, -0.2) is 18.1 Å². The van der Waals surface area contributed by atoms with Gasteiger partial charge in [-0.1, -0.05) is 0 Å². The maximum absolute atomic E-state index is 12.9. The summed E-state index contributed by atoms with van der Waals surface area (Å²) >= 11 is 0. The zero-order valence-electron chi connectivity index (χ0n) is 10.0. The molecule has 1 aromatic rings. The first-order valence-electron chi connectivity index (χ1n) is 5.09. The Morgan fingerprint density at radius 3 is 2.42 bits per heavy atom. The van der Waals surface area contributed by atoms with E-state index < -0.39 is 47.4 Å². The summed E-state index contributed by atoms with van der Waals surface area (Å²) < 4.78 is 68.3. The van der Waals surface area contributed by atoms with Crippen LogP contribution in [0, 0.1) is 6.92 Å². The molecule has 19 heavy (non-hydrogen) atoms. The van der Waals surface area contributed by atoms with Crippen molar-refractivity contribution in [1.82, 2.24) is 4.98 Å². The molecule has 0 saturated carbocycles. The Kier molecular flexibility index (Phi) is 4.43. The molecule has 0 aliphatic rings. The average Bonchev–Trinajstić information content (AvgIpc) is 2.26. The number of ether oxygens (including phenoxy) is 1. The number of rotatable bonds is 3. The molecule has 0 aromatic carbocycles. The van der Waals surface area contributed by atoms with Gasteiger partial charge in [-0.2, -0.15) is 13.2 Å². The predicted octanol–water partition coefficient (Wildman–Crippen LogP) is 3.06. The van der Waals surface area contributed by atoms with Crippen LogP contribution in [0.1, 0.15) is 28.8 Å². The van der Waals surface area contributed by atoms with E-state index in [9.17, 15) is 26.7 Å². The van der Waals surface area contributed by atoms with Gasteiger partial charge in [-0.15, -0.1) is 0 Å². The summed E-state index contributed by atoms with van der Waals surface area (Å²) in [7, 11) is 0.964. The van der Waals surface area contributed by atoms with Crippen molar-refractivity contribution in [2.75, 3.05) is 7.11 Å². The lowest BCUT2D eigenvalue weighted by Crippen LogP contribution is -2.18. The Balaban J connectivity index is 3.50. The predicted molar refractivity (Wildman–Crippen MR) is 54.7 cm³/mol. The molecule has 1 heterocycles. The van der Waals surface area contributed by atoms with Crippen LogP contribution in [-0.2, 0) is 22.1 Å². The van der Waals surface area contributed by atoms with Crippen molar-refractivity contribution >= 4 is 5.97 Å². The monoisotopic (exact) mass is 283 g/mol. The molecular formula is C11H10F5NO2. The van der Waals surface area contributed by atoms with Crippen LogP contribution in [0.2, 0.25) is 0 Å². The summed E-state index contributed by atoms with van der Waals surface area (Å²) in [6, 6.07) is 0. The maximum Gasteiger partial charge on any atom is 0.418 e. The standard InChI is InChI=1S/C11H10F5NO2/c1-5-9(11(14,15)16)6(3-8(18)19-2)7(4-17-5)10(12)13/h4,10H,3H2,1-2H3. The minimum atomic E-state index is -4.87. The van der Waals surface area contributed by atoms with Crippen LogP contribution < -0.4 is 0 Å². The summed E-state index contributed by atoms with van der Waals surface area (Å²) in [5.41, 5.74) is -3.48. The zero-order valence-corrected chi connectivity index (χ0v) is 10.0. The minimum absolute atomic E-state index is 0.462. The Hall–Kier alpha value is -1.73. The topological polar surface area (TPSA) is 39.2 Å². The van der Waals surface area contributed by atoms with Crippen LogP contribution in [0.25, 0.3) is 0 Å². The lowest BCUT2D eigenvalue weighted by atomic mass is 9.98. The first-order valence-corrected chi connectivity index (χ1v) is 5.09. The second kappa shape index (κ2) is 5.50. The highest BCUT2D eigenvalue weighted by Crippen LogP contribution is 2.37. The Labute approximate surface area is 105 Å². The molecule has 0 saturated heterocycles. The van der Waals surface area contributed by atoms with E-state index in [0.717, 1.165) is 14.0 Å². The number of halogens is 5. The molecule has 3 nitrogen and oxygen atoms in total. The van der Waals surface area contributed by atoms with Gasteiger partial charge in [0.2, 0.25) is 0 Å². The molecule has 0 spiro atoms. The first kappa shape index (κ1) is 15.3. The molecule has 1 aromatic heterocycles. The maximum atomic E-state index is 12.9. The third-order valence-electron chi connectivity index (χ3n) is 2.48. The largest absolute Gasteiger partial charge is 0.469 e. The average molecular weight is 283 g/mol. The van der Waals surface area contributed by atoms with Crippen molar-refractivity contribution in [2.45, 2.75) is 25.9 Å². The van der Waals surface area contributed by atoms with Crippen molar-refractivity contribution in [3.05, 3.63) is 28.6 Å². The van der Waals surface area contributed by atoms with Crippen LogP contribution >= 0.6 is 0 Å². The van der Waals surface area contributed by atoms with E-state index in [4.69, 9.17) is 0 Å². The molecule has 0 fully saturated rings. The van der Waals surface area contributed by atoms with Gasteiger partial charge in [0.1, 0.15) is 0 Å². The molecule has 0 aliphatic carbocycles. The Bertz CT molecular complexity index is 485. The van der Waals surface area contributed by atoms with Gasteiger partial charge in [0.25, 0.3) is 6.43 Å². The van der Waals surface area contributed by atoms with E-state index >= 15 is 0 Å². The van der Waals surface area contributed by atoms with Gasteiger partial charge in [-0.3, -0.25) is 9.78 Å². The number of esters is 1. The van der Waals surface area contributed by atoms with Gasteiger partial charge in [0.15, 0.2) is 0 Å². The van der Waals surface area contributed by atoms with Crippen molar-refractivity contribution < 1.29 is 31.5 Å². The highest BCUT2D eigenvalue weighted by atomic mass is 19.4. The smallest absolute Gasteiger partial charge is 0.418 e. The molecule has 0 unspecified atom stereocenters. The van der Waals surface area contributed by atoms with E-state index in [1.165, 1.54) is 0 Å². The van der Waals surface area contributed by atoms with Gasteiger partial charge >= 0.3 is 12.1 Å². The molecule has 0 bridgehead atoms. The summed E-state index contributed by atoms with van der Waals surface area (Å²) in [6.07, 6.45) is -8.26. The quantitative estimate of drug-likeness (QED) is 0.632. The number of alkyl halides is 5. The summed E-state index contributed by atoms with van der Waals surface area (Å²) in [4.78, 5) is 14.4. The molecule has 0 N–H and O–H groups in total. The fourth-order valence-corrected chi connectivity index (χ4v) is 1.64. The van der Waals surface area contributed by atoms with Gasteiger partial charge in [0.05, 0.1) is 19.1 Å². The molecule has 1 rings (SSSR count). The van der Waals surface area contributed by atoms with Crippen molar-refractivity contribution in [3.8, 4) is 0 Å². The number of hydrogen-bond donors (Lipinski definition) is 0. The number of carbonyl (C=O) groups is 1. The number of pyridine rings is 1. The van der Waals surface area contributed by atoms with Crippen molar-refractivity contribution in [2.24, 2.45) is 0 Å². The Morgan fingerprint density at radius 1 is 1.42 bits per heavy atom. The van der Waals surface area contributed by atoms with E-state index in [-0.39, 0.29) is 0 Å². The molecule has 8 heteroatoms. The SMILES string of the molecule is COC(=O)Cc1c(C(F)F)cnc(C)c1C(F)(F)F. The summed E-state index contributed by atoms with van der Waals surface area (Å²) in [5.74, 6) is -1.03. The molecule has 0 radical (unpaired) electrons. The highest BCUT2D eigenvalue weighted by Gasteiger charge is 2.38. The number of carbonyl (C=O) groups excluding carboxylic acids is 1. The number of aryl methyl sites for hydroxylation is 1. The third-order valence-corrected chi connectivity index (χ3v) is 2.48.